The van der Waals surface area contributed by atoms with Gasteiger partial charge in [-0.1, -0.05) is 25.1 Å². The Labute approximate surface area is 109 Å². The second kappa shape index (κ2) is 6.47. The van der Waals surface area contributed by atoms with Gasteiger partial charge in [-0.2, -0.15) is 0 Å². The molecule has 0 unspecified atom stereocenters. The van der Waals surface area contributed by atoms with E-state index in [1.807, 2.05) is 12.3 Å². The molecule has 0 aliphatic heterocycles. The quantitative estimate of drug-likeness (QED) is 0.789. The summed E-state index contributed by atoms with van der Waals surface area (Å²) in [6, 6.07) is 10.4. The van der Waals surface area contributed by atoms with E-state index in [0.29, 0.717) is 0 Å². The average molecular weight is 243 g/mol. The van der Waals surface area contributed by atoms with Crippen LogP contribution in [0.4, 0.5) is 0 Å². The van der Waals surface area contributed by atoms with Gasteiger partial charge in [0.1, 0.15) is 0 Å². The number of nitrogens with zero attached hydrogens (tertiary/aromatic N) is 2. The van der Waals surface area contributed by atoms with E-state index in [0.717, 1.165) is 31.7 Å². The molecule has 18 heavy (non-hydrogen) atoms. The highest BCUT2D eigenvalue weighted by Gasteiger charge is 2.04. The van der Waals surface area contributed by atoms with Crippen LogP contribution in [0.1, 0.15) is 12.5 Å². The zero-order valence-electron chi connectivity index (χ0n) is 11.2. The Hall–Kier alpha value is -1.45. The summed E-state index contributed by atoms with van der Waals surface area (Å²) in [7, 11) is 2.16. The zero-order valence-corrected chi connectivity index (χ0v) is 11.2. The number of para-hydroxylation sites is 1. The van der Waals surface area contributed by atoms with Crippen molar-refractivity contribution < 1.29 is 0 Å². The van der Waals surface area contributed by atoms with Crippen LogP contribution in [0.5, 0.6) is 0 Å². The Bertz CT molecular complexity index is 491. The number of nitrogens with one attached hydrogen (secondary N) is 1. The molecule has 96 valence electrons. The molecule has 0 aliphatic carbocycles. The molecule has 3 heteroatoms. The van der Waals surface area contributed by atoms with Crippen molar-refractivity contribution in [2.24, 2.45) is 0 Å². The molecule has 0 bridgehead atoms. The first-order valence-electron chi connectivity index (χ1n) is 6.53. The Morgan fingerprint density at radius 3 is 2.89 bits per heavy atom. The lowest BCUT2D eigenvalue weighted by Gasteiger charge is -2.17. The largest absolute Gasteiger partial charge is 0.316 e. The molecule has 1 aromatic carbocycles. The van der Waals surface area contributed by atoms with Crippen molar-refractivity contribution >= 4 is 10.9 Å². The van der Waals surface area contributed by atoms with E-state index in [2.05, 4.69) is 53.4 Å². The van der Waals surface area contributed by atoms with E-state index in [1.54, 1.807) is 0 Å². The van der Waals surface area contributed by atoms with Crippen LogP contribution < -0.4 is 5.32 Å². The SMILES string of the molecule is CCNCCN(C)Cc1ccnc2ccccc12. The van der Waals surface area contributed by atoms with Crippen LogP contribution in [-0.4, -0.2) is 36.6 Å². The molecule has 0 saturated heterocycles. The highest BCUT2D eigenvalue weighted by molar-refractivity contribution is 5.81. The molecule has 2 rings (SSSR count). The van der Waals surface area contributed by atoms with Gasteiger partial charge in [0.25, 0.3) is 0 Å². The smallest absolute Gasteiger partial charge is 0.0705 e. The van der Waals surface area contributed by atoms with Crippen molar-refractivity contribution in [3.05, 3.63) is 42.1 Å². The summed E-state index contributed by atoms with van der Waals surface area (Å²) >= 11 is 0. The van der Waals surface area contributed by atoms with Gasteiger partial charge in [0.2, 0.25) is 0 Å². The predicted molar refractivity (Wildman–Crippen MR) is 76.6 cm³/mol. The molecule has 1 heterocycles. The molecule has 0 saturated carbocycles. The van der Waals surface area contributed by atoms with Gasteiger partial charge in [0.15, 0.2) is 0 Å². The Balaban J connectivity index is 2.07. The summed E-state index contributed by atoms with van der Waals surface area (Å²) in [4.78, 5) is 6.73. The topological polar surface area (TPSA) is 28.2 Å². The summed E-state index contributed by atoms with van der Waals surface area (Å²) in [5.74, 6) is 0. The Kier molecular flexibility index (Phi) is 4.67. The number of likely N-dealkylation sites (N-methyl/N-ethyl adjacent to an activating group) is 2. The van der Waals surface area contributed by atoms with Crippen molar-refractivity contribution in [2.75, 3.05) is 26.7 Å². The highest BCUT2D eigenvalue weighted by atomic mass is 15.1. The molecule has 0 spiro atoms. The summed E-state index contributed by atoms with van der Waals surface area (Å²) in [6.45, 7) is 6.23. The first-order chi connectivity index (χ1) is 8.81. The van der Waals surface area contributed by atoms with Crippen molar-refractivity contribution in [2.45, 2.75) is 13.5 Å². The zero-order chi connectivity index (χ0) is 12.8. The maximum atomic E-state index is 4.39. The van der Waals surface area contributed by atoms with Gasteiger partial charge in [-0.3, -0.25) is 4.98 Å². The molecule has 1 N–H and O–H groups in total. The fourth-order valence-electron chi connectivity index (χ4n) is 2.11. The number of benzene rings is 1. The van der Waals surface area contributed by atoms with Gasteiger partial charge in [-0.05, 0) is 31.3 Å². The van der Waals surface area contributed by atoms with Crippen LogP contribution in [0.25, 0.3) is 10.9 Å². The van der Waals surface area contributed by atoms with Crippen molar-refractivity contribution in [3.63, 3.8) is 0 Å². The lowest BCUT2D eigenvalue weighted by Crippen LogP contribution is -2.28. The van der Waals surface area contributed by atoms with E-state index in [-0.39, 0.29) is 0 Å². The maximum Gasteiger partial charge on any atom is 0.0705 e. The first kappa shape index (κ1) is 13.0. The molecule has 3 nitrogen and oxygen atoms in total. The standard InChI is InChI=1S/C15H21N3/c1-3-16-10-11-18(2)12-13-8-9-17-15-7-5-4-6-14(13)15/h4-9,16H,3,10-12H2,1-2H3. The summed E-state index contributed by atoms with van der Waals surface area (Å²) in [5, 5.41) is 4.61. The molecule has 1 aromatic heterocycles. The monoisotopic (exact) mass is 243 g/mol. The van der Waals surface area contributed by atoms with Gasteiger partial charge in [0.05, 0.1) is 5.52 Å². The van der Waals surface area contributed by atoms with E-state index < -0.39 is 0 Å². The summed E-state index contributed by atoms with van der Waals surface area (Å²) in [6.07, 6.45) is 1.90. The van der Waals surface area contributed by atoms with Gasteiger partial charge >= 0.3 is 0 Å². The van der Waals surface area contributed by atoms with Crippen molar-refractivity contribution in [1.82, 2.24) is 15.2 Å². The van der Waals surface area contributed by atoms with Crippen LogP contribution in [-0.2, 0) is 6.54 Å². The number of hydrogen-bond acceptors (Lipinski definition) is 3. The lowest BCUT2D eigenvalue weighted by molar-refractivity contribution is 0.327. The molecule has 0 amide bonds. The number of aromatic nitrogens is 1. The van der Waals surface area contributed by atoms with Gasteiger partial charge in [-0.15, -0.1) is 0 Å². The normalized spacial score (nSPS) is 11.3. The molecule has 0 aliphatic rings. The minimum absolute atomic E-state index is 0.967. The summed E-state index contributed by atoms with van der Waals surface area (Å²) < 4.78 is 0. The molecule has 0 atom stereocenters. The van der Waals surface area contributed by atoms with Crippen LogP contribution in [0.3, 0.4) is 0 Å². The van der Waals surface area contributed by atoms with E-state index >= 15 is 0 Å². The van der Waals surface area contributed by atoms with Crippen LogP contribution >= 0.6 is 0 Å². The van der Waals surface area contributed by atoms with Crippen LogP contribution in [0.15, 0.2) is 36.5 Å². The molecule has 0 fully saturated rings. The fraction of sp³-hybridized carbons (Fsp3) is 0.400. The maximum absolute atomic E-state index is 4.39. The van der Waals surface area contributed by atoms with E-state index in [1.165, 1.54) is 10.9 Å². The average Bonchev–Trinajstić information content (AvgIpc) is 2.39. The third-order valence-corrected chi connectivity index (χ3v) is 3.10. The third-order valence-electron chi connectivity index (χ3n) is 3.10. The van der Waals surface area contributed by atoms with Crippen LogP contribution in [0, 0.1) is 0 Å². The highest BCUT2D eigenvalue weighted by Crippen LogP contribution is 2.17. The van der Waals surface area contributed by atoms with Crippen molar-refractivity contribution in [3.8, 4) is 0 Å². The number of pyridine rings is 1. The van der Waals surface area contributed by atoms with Gasteiger partial charge in [0, 0.05) is 31.2 Å². The van der Waals surface area contributed by atoms with Gasteiger partial charge in [-0.25, -0.2) is 0 Å². The fourth-order valence-corrected chi connectivity index (χ4v) is 2.11. The van der Waals surface area contributed by atoms with Crippen LogP contribution in [0.2, 0.25) is 0 Å². The number of fused-ring (bicyclic) bond motifs is 1. The Morgan fingerprint density at radius 1 is 1.22 bits per heavy atom. The molecular weight excluding hydrogens is 222 g/mol. The van der Waals surface area contributed by atoms with E-state index in [9.17, 15) is 0 Å². The number of rotatable bonds is 6. The second-order valence-electron chi connectivity index (χ2n) is 4.58. The predicted octanol–water partition coefficient (Wildman–Crippen LogP) is 2.28. The lowest BCUT2D eigenvalue weighted by atomic mass is 10.1. The van der Waals surface area contributed by atoms with Crippen molar-refractivity contribution in [1.29, 1.82) is 0 Å². The van der Waals surface area contributed by atoms with E-state index in [4.69, 9.17) is 0 Å². The third kappa shape index (κ3) is 3.28. The van der Waals surface area contributed by atoms with Gasteiger partial charge < -0.3 is 10.2 Å². The first-order valence-corrected chi connectivity index (χ1v) is 6.53. The Morgan fingerprint density at radius 2 is 2.06 bits per heavy atom. The number of hydrogen-bond donors (Lipinski definition) is 1. The molecule has 0 radical (unpaired) electrons. The molecule has 2 aromatic rings. The second-order valence-corrected chi connectivity index (χ2v) is 4.58. The molecular formula is C15H21N3. The minimum atomic E-state index is 0.967. The minimum Gasteiger partial charge on any atom is -0.316 e. The summed E-state index contributed by atoms with van der Waals surface area (Å²) in [5.41, 5.74) is 2.43.